The van der Waals surface area contributed by atoms with Crippen molar-refractivity contribution in [3.8, 4) is 5.75 Å². The van der Waals surface area contributed by atoms with E-state index in [1.54, 1.807) is 55.5 Å². The zero-order valence-electron chi connectivity index (χ0n) is 15.5. The van der Waals surface area contributed by atoms with E-state index in [9.17, 15) is 18.3 Å². The zero-order valence-corrected chi connectivity index (χ0v) is 17.1. The van der Waals surface area contributed by atoms with Gasteiger partial charge in [-0.15, -0.1) is 0 Å². The number of sulfonamides is 1. The molecule has 0 aliphatic heterocycles. The number of anilines is 2. The van der Waals surface area contributed by atoms with Gasteiger partial charge in [0.05, 0.1) is 11.3 Å². The van der Waals surface area contributed by atoms with E-state index in [1.807, 2.05) is 0 Å². The van der Waals surface area contributed by atoms with Gasteiger partial charge in [-0.3, -0.25) is 9.52 Å². The number of benzene rings is 3. The summed E-state index contributed by atoms with van der Waals surface area (Å²) >= 11 is 5.83. The van der Waals surface area contributed by atoms with E-state index < -0.39 is 10.0 Å². The molecule has 0 saturated heterocycles. The summed E-state index contributed by atoms with van der Waals surface area (Å²) in [4.78, 5) is 12.3. The van der Waals surface area contributed by atoms with Crippen LogP contribution < -0.4 is 10.0 Å². The first kappa shape index (κ1) is 20.7. The molecule has 3 rings (SSSR count). The number of hydrogen-bond donors (Lipinski definition) is 3. The number of hydrogen-bond acceptors (Lipinski definition) is 4. The van der Waals surface area contributed by atoms with Crippen LogP contribution in [0.5, 0.6) is 5.75 Å². The molecule has 0 aromatic heterocycles. The number of carbonyl (C=O) groups excluding carboxylic acids is 1. The van der Waals surface area contributed by atoms with Crippen molar-refractivity contribution in [2.75, 3.05) is 10.0 Å². The summed E-state index contributed by atoms with van der Waals surface area (Å²) in [5.41, 5.74) is 2.03. The number of aromatic hydroxyl groups is 1. The maximum Gasteiger partial charge on any atom is 0.262 e. The van der Waals surface area contributed by atoms with Crippen LogP contribution in [0, 0.1) is 6.92 Å². The number of amides is 1. The van der Waals surface area contributed by atoms with Crippen molar-refractivity contribution in [1.82, 2.24) is 0 Å². The average molecular weight is 431 g/mol. The van der Waals surface area contributed by atoms with Crippen LogP contribution in [-0.2, 0) is 21.2 Å². The van der Waals surface area contributed by atoms with Gasteiger partial charge in [0.2, 0.25) is 5.91 Å². The van der Waals surface area contributed by atoms with Crippen molar-refractivity contribution in [2.24, 2.45) is 0 Å². The molecule has 0 fully saturated rings. The van der Waals surface area contributed by atoms with Gasteiger partial charge in [-0.2, -0.15) is 0 Å². The predicted octanol–water partition coefficient (Wildman–Crippen LogP) is 4.34. The maximum absolute atomic E-state index is 12.8. The fourth-order valence-corrected chi connectivity index (χ4v) is 4.16. The van der Waals surface area contributed by atoms with Gasteiger partial charge < -0.3 is 10.4 Å². The average Bonchev–Trinajstić information content (AvgIpc) is 2.67. The molecule has 3 aromatic carbocycles. The third-order valence-electron chi connectivity index (χ3n) is 4.16. The third-order valence-corrected chi connectivity index (χ3v) is 5.93. The molecule has 0 atom stereocenters. The van der Waals surface area contributed by atoms with E-state index in [-0.39, 0.29) is 23.0 Å². The minimum Gasteiger partial charge on any atom is -0.508 e. The highest BCUT2D eigenvalue weighted by Gasteiger charge is 2.18. The van der Waals surface area contributed by atoms with Gasteiger partial charge in [-0.25, -0.2) is 8.42 Å². The molecule has 6 nitrogen and oxygen atoms in total. The van der Waals surface area contributed by atoms with Gasteiger partial charge in [0.1, 0.15) is 5.75 Å². The molecule has 0 saturated carbocycles. The van der Waals surface area contributed by atoms with Gasteiger partial charge in [-0.05, 0) is 66.6 Å². The molecule has 29 heavy (non-hydrogen) atoms. The minimum atomic E-state index is -3.85. The molecule has 3 N–H and O–H groups in total. The molecule has 8 heteroatoms. The van der Waals surface area contributed by atoms with Crippen LogP contribution in [0.25, 0.3) is 0 Å². The van der Waals surface area contributed by atoms with E-state index in [4.69, 9.17) is 11.6 Å². The molecule has 0 aliphatic carbocycles. The Morgan fingerprint density at radius 3 is 2.24 bits per heavy atom. The Hall–Kier alpha value is -3.03. The van der Waals surface area contributed by atoms with E-state index in [0.717, 1.165) is 5.56 Å². The van der Waals surface area contributed by atoms with Crippen molar-refractivity contribution >= 4 is 38.9 Å². The topological polar surface area (TPSA) is 95.5 Å². The van der Waals surface area contributed by atoms with Crippen molar-refractivity contribution in [3.05, 3.63) is 82.9 Å². The highest BCUT2D eigenvalue weighted by Crippen LogP contribution is 2.24. The lowest BCUT2D eigenvalue weighted by Gasteiger charge is -2.13. The molecular weight excluding hydrogens is 412 g/mol. The Morgan fingerprint density at radius 1 is 0.966 bits per heavy atom. The third kappa shape index (κ3) is 5.49. The quantitative estimate of drug-likeness (QED) is 0.542. The Balaban J connectivity index is 1.77. The Morgan fingerprint density at radius 2 is 1.59 bits per heavy atom. The highest BCUT2D eigenvalue weighted by molar-refractivity contribution is 7.92. The fraction of sp³-hybridized carbons (Fsp3) is 0.0952. The number of phenols is 1. The summed E-state index contributed by atoms with van der Waals surface area (Å²) in [5.74, 6) is -0.177. The Bertz CT molecular complexity index is 1130. The predicted molar refractivity (Wildman–Crippen MR) is 114 cm³/mol. The van der Waals surface area contributed by atoms with Crippen LogP contribution in [-0.4, -0.2) is 19.4 Å². The zero-order chi connectivity index (χ0) is 21.0. The van der Waals surface area contributed by atoms with Gasteiger partial charge in [0, 0.05) is 16.4 Å². The van der Waals surface area contributed by atoms with Gasteiger partial charge in [0.15, 0.2) is 0 Å². The molecule has 0 spiro atoms. The van der Waals surface area contributed by atoms with Crippen LogP contribution >= 0.6 is 11.6 Å². The van der Waals surface area contributed by atoms with Crippen molar-refractivity contribution in [2.45, 2.75) is 18.2 Å². The number of phenolic OH excluding ortho intramolecular Hbond substituents is 1. The number of carbonyl (C=O) groups is 1. The molecule has 1 amide bonds. The van der Waals surface area contributed by atoms with Crippen molar-refractivity contribution < 1.29 is 18.3 Å². The van der Waals surface area contributed by atoms with E-state index >= 15 is 0 Å². The summed E-state index contributed by atoms with van der Waals surface area (Å²) in [5, 5.41) is 12.5. The fourth-order valence-electron chi connectivity index (χ4n) is 2.70. The smallest absolute Gasteiger partial charge is 0.262 e. The van der Waals surface area contributed by atoms with Gasteiger partial charge in [0.25, 0.3) is 10.0 Å². The summed E-state index contributed by atoms with van der Waals surface area (Å²) < 4.78 is 28.1. The lowest BCUT2D eigenvalue weighted by atomic mass is 10.1. The van der Waals surface area contributed by atoms with Gasteiger partial charge >= 0.3 is 0 Å². The van der Waals surface area contributed by atoms with E-state index in [0.29, 0.717) is 22.0 Å². The van der Waals surface area contributed by atoms with Crippen molar-refractivity contribution in [1.29, 1.82) is 0 Å². The summed E-state index contributed by atoms with van der Waals surface area (Å²) in [6.07, 6.45) is 0.0965. The maximum atomic E-state index is 12.8. The monoisotopic (exact) mass is 430 g/mol. The first-order valence-corrected chi connectivity index (χ1v) is 10.6. The molecule has 0 unspecified atom stereocenters. The lowest BCUT2D eigenvalue weighted by Crippen LogP contribution is -2.17. The van der Waals surface area contributed by atoms with Gasteiger partial charge in [-0.1, -0.05) is 29.8 Å². The number of rotatable bonds is 6. The molecular formula is C21H19ClN2O4S. The first-order valence-electron chi connectivity index (χ1n) is 8.70. The number of aryl methyl sites for hydroxylation is 1. The number of halogens is 1. The standard InChI is InChI=1S/C21H19ClN2O4S/c1-14-2-7-18(23-21(26)12-15-3-10-19(25)11-4-15)13-20(14)29(27,28)24-17-8-5-16(22)6-9-17/h2-11,13,24-25H,12H2,1H3,(H,23,26). The Labute approximate surface area is 174 Å². The summed E-state index contributed by atoms with van der Waals surface area (Å²) in [6.45, 7) is 1.68. The number of nitrogens with one attached hydrogen (secondary N) is 2. The van der Waals surface area contributed by atoms with E-state index in [1.165, 1.54) is 18.2 Å². The van der Waals surface area contributed by atoms with E-state index in [2.05, 4.69) is 10.0 Å². The molecule has 0 heterocycles. The van der Waals surface area contributed by atoms with Crippen LogP contribution in [0.1, 0.15) is 11.1 Å². The minimum absolute atomic E-state index is 0.0647. The molecule has 3 aromatic rings. The van der Waals surface area contributed by atoms with Crippen molar-refractivity contribution in [3.63, 3.8) is 0 Å². The first-order chi connectivity index (χ1) is 13.7. The molecule has 0 radical (unpaired) electrons. The van der Waals surface area contributed by atoms with Crippen LogP contribution in [0.15, 0.2) is 71.6 Å². The second-order valence-electron chi connectivity index (χ2n) is 6.48. The van der Waals surface area contributed by atoms with Crippen LogP contribution in [0.2, 0.25) is 5.02 Å². The molecule has 150 valence electrons. The highest BCUT2D eigenvalue weighted by atomic mass is 35.5. The second kappa shape index (κ2) is 8.55. The normalized spacial score (nSPS) is 11.1. The largest absolute Gasteiger partial charge is 0.508 e. The summed E-state index contributed by atoms with van der Waals surface area (Å²) in [6, 6.07) is 17.3. The van der Waals surface area contributed by atoms with Crippen LogP contribution in [0.3, 0.4) is 0 Å². The lowest BCUT2D eigenvalue weighted by molar-refractivity contribution is -0.115. The molecule has 0 bridgehead atoms. The second-order valence-corrected chi connectivity index (χ2v) is 8.57. The van der Waals surface area contributed by atoms with Crippen LogP contribution in [0.4, 0.5) is 11.4 Å². The summed E-state index contributed by atoms with van der Waals surface area (Å²) in [7, 11) is -3.85. The SMILES string of the molecule is Cc1ccc(NC(=O)Cc2ccc(O)cc2)cc1S(=O)(=O)Nc1ccc(Cl)cc1. The molecule has 0 aliphatic rings. The Kier molecular flexibility index (Phi) is 6.10.